The van der Waals surface area contributed by atoms with E-state index in [0.29, 0.717) is 12.3 Å². The number of hydrogen-bond donors (Lipinski definition) is 0. The number of rotatable bonds is 3. The molecule has 5 heteroatoms. The number of carbonyl (C=O) groups is 1. The molecule has 0 spiro atoms. The van der Waals surface area contributed by atoms with Gasteiger partial charge in [0.25, 0.3) is 0 Å². The van der Waals surface area contributed by atoms with Crippen LogP contribution in [0.15, 0.2) is 18.2 Å². The van der Waals surface area contributed by atoms with Crippen molar-refractivity contribution in [1.29, 1.82) is 0 Å². The van der Waals surface area contributed by atoms with Crippen molar-refractivity contribution in [2.75, 3.05) is 6.61 Å². The monoisotopic (exact) mass is 259 g/mol. The van der Waals surface area contributed by atoms with Crippen LogP contribution in [0, 0.1) is 20.8 Å². The highest BCUT2D eigenvalue weighted by Gasteiger charge is 2.17. The lowest BCUT2D eigenvalue weighted by molar-refractivity contribution is 0.0518. The average Bonchev–Trinajstić information content (AvgIpc) is 2.71. The number of aryl methyl sites for hydroxylation is 3. The molecule has 0 radical (unpaired) electrons. The molecule has 0 atom stereocenters. The van der Waals surface area contributed by atoms with Gasteiger partial charge in [-0.3, -0.25) is 0 Å². The molecule has 2 aromatic rings. The Kier molecular flexibility index (Phi) is 3.64. The Labute approximate surface area is 112 Å². The molecule has 0 aliphatic carbocycles. The molecule has 0 fully saturated rings. The normalized spacial score (nSPS) is 10.5. The van der Waals surface area contributed by atoms with E-state index in [1.54, 1.807) is 13.8 Å². The lowest BCUT2D eigenvalue weighted by atomic mass is 10.1. The minimum atomic E-state index is -0.434. The van der Waals surface area contributed by atoms with Gasteiger partial charge in [-0.05, 0) is 39.3 Å². The fraction of sp³-hybridized carbons (Fsp3) is 0.357. The van der Waals surface area contributed by atoms with E-state index in [0.717, 1.165) is 11.3 Å². The molecule has 5 nitrogen and oxygen atoms in total. The van der Waals surface area contributed by atoms with E-state index in [1.165, 1.54) is 10.4 Å². The van der Waals surface area contributed by atoms with Crippen LogP contribution >= 0.6 is 0 Å². The number of hydrogen-bond acceptors (Lipinski definition) is 4. The SMILES string of the molecule is CCOC(=O)c1nn(-c2ccc(C)cc2C)nc1C. The first-order valence-corrected chi connectivity index (χ1v) is 6.21. The van der Waals surface area contributed by atoms with Crippen LogP contribution in [0.5, 0.6) is 0 Å². The van der Waals surface area contributed by atoms with Crippen LogP contribution < -0.4 is 0 Å². The maximum Gasteiger partial charge on any atom is 0.360 e. The summed E-state index contributed by atoms with van der Waals surface area (Å²) in [6, 6.07) is 5.99. The van der Waals surface area contributed by atoms with E-state index >= 15 is 0 Å². The van der Waals surface area contributed by atoms with Crippen molar-refractivity contribution in [2.45, 2.75) is 27.7 Å². The summed E-state index contributed by atoms with van der Waals surface area (Å²) in [7, 11) is 0. The molecular weight excluding hydrogens is 242 g/mol. The fourth-order valence-corrected chi connectivity index (χ4v) is 1.90. The summed E-state index contributed by atoms with van der Waals surface area (Å²) >= 11 is 0. The first-order valence-electron chi connectivity index (χ1n) is 6.21. The lowest BCUT2D eigenvalue weighted by Crippen LogP contribution is -2.08. The van der Waals surface area contributed by atoms with E-state index in [9.17, 15) is 4.79 Å². The summed E-state index contributed by atoms with van der Waals surface area (Å²) in [5, 5.41) is 8.50. The molecule has 0 aliphatic heterocycles. The smallest absolute Gasteiger partial charge is 0.360 e. The van der Waals surface area contributed by atoms with Crippen molar-refractivity contribution in [2.24, 2.45) is 0 Å². The van der Waals surface area contributed by atoms with Gasteiger partial charge in [0.15, 0.2) is 5.69 Å². The minimum Gasteiger partial charge on any atom is -0.461 e. The number of benzene rings is 1. The van der Waals surface area contributed by atoms with Crippen LogP contribution in [0.4, 0.5) is 0 Å². The Morgan fingerprint density at radius 2 is 2.00 bits per heavy atom. The third kappa shape index (κ3) is 2.65. The van der Waals surface area contributed by atoms with Crippen molar-refractivity contribution < 1.29 is 9.53 Å². The van der Waals surface area contributed by atoms with E-state index < -0.39 is 5.97 Å². The van der Waals surface area contributed by atoms with Crippen molar-refractivity contribution in [3.8, 4) is 5.69 Å². The van der Waals surface area contributed by atoms with Gasteiger partial charge in [0.2, 0.25) is 0 Å². The topological polar surface area (TPSA) is 57.0 Å². The third-order valence-electron chi connectivity index (χ3n) is 2.82. The zero-order valence-corrected chi connectivity index (χ0v) is 11.6. The van der Waals surface area contributed by atoms with Gasteiger partial charge < -0.3 is 4.74 Å². The van der Waals surface area contributed by atoms with Gasteiger partial charge in [-0.25, -0.2) is 4.79 Å². The molecule has 0 bridgehead atoms. The number of nitrogens with zero attached hydrogens (tertiary/aromatic N) is 3. The predicted molar refractivity (Wildman–Crippen MR) is 71.5 cm³/mol. The summed E-state index contributed by atoms with van der Waals surface area (Å²) in [4.78, 5) is 13.2. The average molecular weight is 259 g/mol. The number of esters is 1. The van der Waals surface area contributed by atoms with Gasteiger partial charge in [-0.2, -0.15) is 9.90 Å². The van der Waals surface area contributed by atoms with Crippen LogP contribution in [0.25, 0.3) is 5.69 Å². The molecule has 0 amide bonds. The van der Waals surface area contributed by atoms with Crippen LogP contribution in [0.3, 0.4) is 0 Å². The van der Waals surface area contributed by atoms with Crippen molar-refractivity contribution in [1.82, 2.24) is 15.0 Å². The molecule has 2 rings (SSSR count). The van der Waals surface area contributed by atoms with Gasteiger partial charge in [-0.15, -0.1) is 5.10 Å². The fourth-order valence-electron chi connectivity index (χ4n) is 1.90. The lowest BCUT2D eigenvalue weighted by Gasteiger charge is -2.04. The van der Waals surface area contributed by atoms with Crippen molar-refractivity contribution >= 4 is 5.97 Å². The van der Waals surface area contributed by atoms with Gasteiger partial charge in [0.1, 0.15) is 0 Å². The summed E-state index contributed by atoms with van der Waals surface area (Å²) < 4.78 is 4.95. The second kappa shape index (κ2) is 5.22. The molecule has 100 valence electrons. The molecule has 0 N–H and O–H groups in total. The summed E-state index contributed by atoms with van der Waals surface area (Å²) in [5.74, 6) is -0.434. The maximum atomic E-state index is 11.7. The van der Waals surface area contributed by atoms with Crippen molar-refractivity contribution in [3.63, 3.8) is 0 Å². The van der Waals surface area contributed by atoms with E-state index in [1.807, 2.05) is 26.0 Å². The predicted octanol–water partition coefficient (Wildman–Crippen LogP) is 2.37. The van der Waals surface area contributed by atoms with Crippen LogP contribution in [-0.2, 0) is 4.74 Å². The molecule has 0 saturated carbocycles. The maximum absolute atomic E-state index is 11.7. The highest BCUT2D eigenvalue weighted by Crippen LogP contribution is 2.15. The summed E-state index contributed by atoms with van der Waals surface area (Å²) in [6.07, 6.45) is 0. The minimum absolute atomic E-state index is 0.266. The Bertz CT molecular complexity index is 617. The summed E-state index contributed by atoms with van der Waals surface area (Å²) in [5.41, 5.74) is 3.94. The molecule has 0 saturated heterocycles. The first-order chi connectivity index (χ1) is 9.02. The number of ether oxygens (including phenoxy) is 1. The van der Waals surface area contributed by atoms with Gasteiger partial charge >= 0.3 is 5.97 Å². The molecule has 0 aliphatic rings. The van der Waals surface area contributed by atoms with Crippen molar-refractivity contribution in [3.05, 3.63) is 40.7 Å². The zero-order valence-electron chi connectivity index (χ0n) is 11.6. The van der Waals surface area contributed by atoms with Gasteiger partial charge in [0.05, 0.1) is 18.0 Å². The Balaban J connectivity index is 2.42. The Morgan fingerprint density at radius 3 is 2.63 bits per heavy atom. The van der Waals surface area contributed by atoms with Crippen LogP contribution in [0.1, 0.15) is 34.2 Å². The van der Waals surface area contributed by atoms with E-state index in [-0.39, 0.29) is 5.69 Å². The number of carbonyl (C=O) groups excluding carboxylic acids is 1. The van der Waals surface area contributed by atoms with Crippen LogP contribution in [0.2, 0.25) is 0 Å². The number of aromatic nitrogens is 3. The summed E-state index contributed by atoms with van der Waals surface area (Å²) in [6.45, 7) is 7.86. The van der Waals surface area contributed by atoms with E-state index in [2.05, 4.69) is 16.3 Å². The second-order valence-electron chi connectivity index (χ2n) is 4.43. The molecule has 1 aromatic carbocycles. The second-order valence-corrected chi connectivity index (χ2v) is 4.43. The quantitative estimate of drug-likeness (QED) is 0.794. The first kappa shape index (κ1) is 13.3. The third-order valence-corrected chi connectivity index (χ3v) is 2.82. The Morgan fingerprint density at radius 1 is 1.26 bits per heavy atom. The highest BCUT2D eigenvalue weighted by molar-refractivity contribution is 5.88. The molecular formula is C14H17N3O2. The van der Waals surface area contributed by atoms with E-state index in [4.69, 9.17) is 4.74 Å². The molecule has 1 heterocycles. The van der Waals surface area contributed by atoms with Gasteiger partial charge in [0, 0.05) is 0 Å². The Hall–Kier alpha value is -2.17. The standard InChI is InChI=1S/C14H17N3O2/c1-5-19-14(18)13-11(4)15-17(16-13)12-7-6-9(2)8-10(12)3/h6-8H,5H2,1-4H3. The highest BCUT2D eigenvalue weighted by atomic mass is 16.5. The van der Waals surface area contributed by atoms with Gasteiger partial charge in [-0.1, -0.05) is 17.7 Å². The van der Waals surface area contributed by atoms with Crippen LogP contribution in [-0.4, -0.2) is 27.6 Å². The largest absolute Gasteiger partial charge is 0.461 e. The zero-order chi connectivity index (χ0) is 14.0. The molecule has 0 unspecified atom stereocenters. The molecule has 19 heavy (non-hydrogen) atoms. The molecule has 1 aromatic heterocycles.